The molecule has 4 saturated carbocycles. The molecule has 0 aliphatic heterocycles. The van der Waals surface area contributed by atoms with Crippen molar-refractivity contribution in [2.45, 2.75) is 193 Å². The molecule has 4 rings (SSSR count). The molecule has 0 aromatic carbocycles. The molecule has 318 valence electrons. The average Bonchev–Trinajstić information content (AvgIpc) is 3.50. The summed E-state index contributed by atoms with van der Waals surface area (Å²) in [7, 11) is -0.844. The molecule has 0 saturated heterocycles. The van der Waals surface area contributed by atoms with Gasteiger partial charge in [0.05, 0.1) is 18.3 Å². The van der Waals surface area contributed by atoms with Crippen LogP contribution in [-0.2, 0) is 14.2 Å². The zero-order chi connectivity index (χ0) is 39.0. The van der Waals surface area contributed by atoms with Crippen LogP contribution in [0.4, 0.5) is 0 Å². The Hall–Kier alpha value is -0.0631. The normalized spacial score (nSPS) is 34.4. The first-order valence-electron chi connectivity index (χ1n) is 23.6. The minimum Gasteiger partial charge on any atom is -0.378 e. The lowest BCUT2D eigenvalue weighted by atomic mass is 9.43. The second kappa shape index (κ2) is 23.5. The molecular weight excluding hydrogens is 685 g/mol. The first-order chi connectivity index (χ1) is 26.0. The van der Waals surface area contributed by atoms with E-state index in [0.29, 0.717) is 78.9 Å². The molecule has 0 spiro atoms. The highest BCUT2D eigenvalue weighted by Gasteiger charge is 2.66. The Kier molecular flexibility index (Phi) is 20.3. The van der Waals surface area contributed by atoms with Gasteiger partial charge in [-0.05, 0) is 157 Å². The van der Waals surface area contributed by atoms with Crippen LogP contribution in [-0.4, -0.2) is 78.9 Å². The number of ether oxygens (including phenoxy) is 3. The highest BCUT2D eigenvalue weighted by atomic mass is 28.3. The van der Waals surface area contributed by atoms with Gasteiger partial charge in [-0.2, -0.15) is 0 Å². The van der Waals surface area contributed by atoms with Crippen LogP contribution in [0.25, 0.3) is 0 Å². The lowest BCUT2D eigenvalue weighted by molar-refractivity contribution is -0.227. The summed E-state index contributed by atoms with van der Waals surface area (Å²) in [5.41, 5.74) is 18.3. The van der Waals surface area contributed by atoms with Crippen molar-refractivity contribution in [2.75, 3.05) is 52.5 Å². The van der Waals surface area contributed by atoms with Gasteiger partial charge < -0.3 is 36.7 Å². The SMILES string of the molecule is C[C@H](CCCNCCCCCCCCCC[Si](C)(C)C)C1CC[C@H]2C3[C@H](OCCCN)CC4C[C@H](OCCCN)CCC4(C)[C@H]3C[C@H](OCCCN)C12C. The summed E-state index contributed by atoms with van der Waals surface area (Å²) >= 11 is 0. The molecule has 0 amide bonds. The highest BCUT2D eigenvalue weighted by Crippen LogP contribution is 2.69. The maximum Gasteiger partial charge on any atom is 0.0637 e. The standard InChI is InChI=1S/C46H92N4O3Si/c1-36(19-15-28-50-27-13-11-9-7-8-10-12-14-32-54(4,5)6)39-20-21-40-44-41(35-43(46(39,40)3)53-31-18-26-49)45(2)23-22-38(51-29-16-24-47)33-37(45)34-42(44)52-30-17-25-48/h36-44,50H,7-35,47-49H2,1-6H3/t36-,37?,38-,39?,40+,41+,42-,43+,44?,45?,46?/m1/s1. The molecule has 0 aromatic heterocycles. The Bertz CT molecular complexity index is 1010. The third-order valence-electron chi connectivity index (χ3n) is 15.5. The van der Waals surface area contributed by atoms with Crippen molar-refractivity contribution in [1.29, 1.82) is 0 Å². The van der Waals surface area contributed by atoms with E-state index in [0.717, 1.165) is 52.0 Å². The first-order valence-corrected chi connectivity index (χ1v) is 27.4. The van der Waals surface area contributed by atoms with Crippen molar-refractivity contribution in [2.24, 2.45) is 63.5 Å². The number of hydrogen-bond acceptors (Lipinski definition) is 7. The molecule has 0 aromatic rings. The Labute approximate surface area is 335 Å². The molecule has 8 heteroatoms. The van der Waals surface area contributed by atoms with E-state index in [9.17, 15) is 0 Å². The van der Waals surface area contributed by atoms with Crippen LogP contribution in [0.15, 0.2) is 0 Å². The van der Waals surface area contributed by atoms with E-state index in [1.807, 2.05) is 0 Å². The molecule has 4 aliphatic carbocycles. The minimum atomic E-state index is -0.844. The molecule has 4 fully saturated rings. The van der Waals surface area contributed by atoms with Crippen molar-refractivity contribution in [3.05, 3.63) is 0 Å². The lowest BCUT2D eigenvalue weighted by Crippen LogP contribution is -2.63. The fraction of sp³-hybridized carbons (Fsp3) is 1.00. The zero-order valence-corrected chi connectivity index (χ0v) is 37.7. The molecule has 54 heavy (non-hydrogen) atoms. The minimum absolute atomic E-state index is 0.179. The molecule has 11 atom stereocenters. The quantitative estimate of drug-likeness (QED) is 0.0462. The predicted octanol–water partition coefficient (Wildman–Crippen LogP) is 9.53. The maximum atomic E-state index is 7.06. The van der Waals surface area contributed by atoms with Gasteiger partial charge in [-0.1, -0.05) is 91.4 Å². The predicted molar refractivity (Wildman–Crippen MR) is 233 cm³/mol. The van der Waals surface area contributed by atoms with Crippen molar-refractivity contribution in [1.82, 2.24) is 5.32 Å². The summed E-state index contributed by atoms with van der Waals surface area (Å²) in [6.07, 6.45) is 26.3. The Balaban J connectivity index is 1.32. The van der Waals surface area contributed by atoms with Gasteiger partial charge in [-0.15, -0.1) is 0 Å². The van der Waals surface area contributed by atoms with Gasteiger partial charge in [0.1, 0.15) is 0 Å². The van der Waals surface area contributed by atoms with Crippen molar-refractivity contribution < 1.29 is 14.2 Å². The summed E-state index contributed by atoms with van der Waals surface area (Å²) in [5, 5.41) is 3.82. The largest absolute Gasteiger partial charge is 0.378 e. The summed E-state index contributed by atoms with van der Waals surface area (Å²) in [5.74, 6) is 3.91. The van der Waals surface area contributed by atoms with E-state index in [1.165, 1.54) is 115 Å². The third kappa shape index (κ3) is 13.0. The van der Waals surface area contributed by atoms with Crippen LogP contribution in [0.5, 0.6) is 0 Å². The molecule has 7 N–H and O–H groups in total. The summed E-state index contributed by atoms with van der Waals surface area (Å²) in [4.78, 5) is 0. The molecule has 0 bridgehead atoms. The van der Waals surface area contributed by atoms with Crippen LogP contribution < -0.4 is 22.5 Å². The molecule has 7 nitrogen and oxygen atoms in total. The smallest absolute Gasteiger partial charge is 0.0637 e. The zero-order valence-electron chi connectivity index (χ0n) is 36.7. The fourth-order valence-electron chi connectivity index (χ4n) is 12.4. The Morgan fingerprint density at radius 2 is 1.28 bits per heavy atom. The van der Waals surface area contributed by atoms with Gasteiger partial charge in [0.15, 0.2) is 0 Å². The first kappa shape index (κ1) is 46.6. The molecular formula is C46H92N4O3Si. The van der Waals surface area contributed by atoms with Crippen LogP contribution >= 0.6 is 0 Å². The van der Waals surface area contributed by atoms with Crippen LogP contribution in [0.3, 0.4) is 0 Å². The number of nitrogens with two attached hydrogens (primary N) is 3. The second-order valence-electron chi connectivity index (χ2n) is 20.5. The van der Waals surface area contributed by atoms with E-state index in [-0.39, 0.29) is 5.41 Å². The van der Waals surface area contributed by atoms with Gasteiger partial charge in [0.2, 0.25) is 0 Å². The van der Waals surface area contributed by atoms with Crippen molar-refractivity contribution in [3.63, 3.8) is 0 Å². The van der Waals surface area contributed by atoms with Gasteiger partial charge in [-0.25, -0.2) is 0 Å². The van der Waals surface area contributed by atoms with Crippen LogP contribution in [0.2, 0.25) is 25.7 Å². The van der Waals surface area contributed by atoms with E-state index in [2.05, 4.69) is 45.7 Å². The van der Waals surface area contributed by atoms with Crippen LogP contribution in [0.1, 0.15) is 149 Å². The van der Waals surface area contributed by atoms with Crippen molar-refractivity contribution in [3.8, 4) is 0 Å². The van der Waals surface area contributed by atoms with E-state index in [4.69, 9.17) is 31.4 Å². The Morgan fingerprint density at radius 1 is 0.667 bits per heavy atom. The Morgan fingerprint density at radius 3 is 1.94 bits per heavy atom. The topological polar surface area (TPSA) is 118 Å². The van der Waals surface area contributed by atoms with Gasteiger partial charge in [0.25, 0.3) is 0 Å². The van der Waals surface area contributed by atoms with Gasteiger partial charge in [-0.3, -0.25) is 0 Å². The number of nitrogens with one attached hydrogen (secondary N) is 1. The molecule has 4 aliphatic rings. The van der Waals surface area contributed by atoms with E-state index >= 15 is 0 Å². The maximum absolute atomic E-state index is 7.06. The number of rotatable bonds is 28. The lowest BCUT2D eigenvalue weighted by Gasteiger charge is -2.65. The molecule has 0 radical (unpaired) electrons. The third-order valence-corrected chi connectivity index (χ3v) is 17.4. The van der Waals surface area contributed by atoms with E-state index < -0.39 is 8.07 Å². The average molecular weight is 777 g/mol. The monoisotopic (exact) mass is 777 g/mol. The van der Waals surface area contributed by atoms with Crippen molar-refractivity contribution >= 4 is 8.07 Å². The molecule has 5 unspecified atom stereocenters. The highest BCUT2D eigenvalue weighted by molar-refractivity contribution is 6.76. The summed E-state index contributed by atoms with van der Waals surface area (Å²) in [6, 6.07) is 1.50. The fourth-order valence-corrected chi connectivity index (χ4v) is 13.7. The van der Waals surface area contributed by atoms with Gasteiger partial charge in [0, 0.05) is 33.3 Å². The summed E-state index contributed by atoms with van der Waals surface area (Å²) in [6.45, 7) is 22.2. The van der Waals surface area contributed by atoms with Gasteiger partial charge >= 0.3 is 0 Å². The molecule has 0 heterocycles. The van der Waals surface area contributed by atoms with Crippen LogP contribution in [0, 0.1) is 46.3 Å². The second-order valence-corrected chi connectivity index (χ2v) is 26.1. The number of hydrogen-bond donors (Lipinski definition) is 4. The number of fused-ring (bicyclic) bond motifs is 5. The summed E-state index contributed by atoms with van der Waals surface area (Å²) < 4.78 is 20.4. The van der Waals surface area contributed by atoms with E-state index in [1.54, 1.807) is 0 Å². The number of unbranched alkanes of at least 4 members (excludes halogenated alkanes) is 7.